The molecule has 4 aliphatic heterocycles. The van der Waals surface area contributed by atoms with E-state index in [0.717, 1.165) is 86.1 Å². The molecule has 0 bridgehead atoms. The molecule has 4 atom stereocenters. The van der Waals surface area contributed by atoms with E-state index >= 15 is 0 Å². The Morgan fingerprint density at radius 1 is 0.727 bits per heavy atom. The maximum absolute atomic E-state index is 14.7. The molecule has 4 unspecified atom stereocenters. The molecule has 0 aliphatic carbocycles. The monoisotopic (exact) mass is 962 g/mol. The van der Waals surface area contributed by atoms with Gasteiger partial charge in [0.25, 0.3) is 0 Å². The maximum Gasteiger partial charge on any atom is 0.365 e. The summed E-state index contributed by atoms with van der Waals surface area (Å²) in [6, 6.07) is 12.0. The van der Waals surface area contributed by atoms with Gasteiger partial charge in [-0.3, -0.25) is 19.8 Å². The molecule has 4 aromatic carbocycles. The van der Waals surface area contributed by atoms with Crippen LogP contribution in [-0.4, -0.2) is 102 Å². The number of fused-ring (bicyclic) bond motifs is 4. The van der Waals surface area contributed by atoms with E-state index in [2.05, 4.69) is 10.2 Å². The van der Waals surface area contributed by atoms with Crippen molar-refractivity contribution in [2.24, 2.45) is 27.8 Å². The van der Waals surface area contributed by atoms with Gasteiger partial charge in [0.1, 0.15) is 56.5 Å². The van der Waals surface area contributed by atoms with E-state index in [9.17, 15) is 46.0 Å². The highest BCUT2D eigenvalue weighted by Gasteiger charge is 2.60. The number of amides is 4. The molecule has 66 heavy (non-hydrogen) atoms. The third kappa shape index (κ3) is 8.81. The van der Waals surface area contributed by atoms with Crippen molar-refractivity contribution in [3.63, 3.8) is 0 Å². The summed E-state index contributed by atoms with van der Waals surface area (Å²) in [6.07, 6.45) is 0.336. The second-order valence-electron chi connectivity index (χ2n) is 14.9. The standard InChI is InChI=1S/C21H19F3N4O5S.C21H21F3N4O3S/c1-26(32-2)20(29)28-21(34-19(25-28)15-9-13(22)3-5-17(15)24)12(7-8-27(30)31)11-33-18-6-4-14(23)10-16(18)21;1-27(30-2)20(29)28-21(32-19(26-28)15-9-13(22)3-5-17(15)24)12(7-8-25)11-31-18-6-4-14(23)10-16(18)21/h3-6,9-10,12H,7-8,11H2,1-2H3;3-6,9-10,12H,7-8,11,25H2,1-2H3. The van der Waals surface area contributed by atoms with Gasteiger partial charge >= 0.3 is 12.1 Å². The SMILES string of the molecule is CON(C)C(=O)N1N=C(c2cc(F)ccc2F)SC12c1cc(F)ccc1OCC2CCN.CON(C)C(=O)N1N=C(c2cc(F)ccc2F)SC12c1cc(F)ccc1OCC2CC[N+](=O)[O-]. The first-order chi connectivity index (χ1) is 31.5. The minimum Gasteiger partial charge on any atom is -0.493 e. The number of hydroxylamine groups is 4. The number of hydrogen-bond donors (Lipinski definition) is 1. The summed E-state index contributed by atoms with van der Waals surface area (Å²) < 4.78 is 97.5. The normalized spacial score (nSPS) is 21.5. The minimum absolute atomic E-state index is 0.0573. The average Bonchev–Trinajstić information content (AvgIpc) is 3.89. The fraction of sp³-hybridized carbons (Fsp3) is 0.333. The van der Waals surface area contributed by atoms with Gasteiger partial charge in [-0.1, -0.05) is 23.5 Å². The van der Waals surface area contributed by atoms with Crippen LogP contribution in [0.15, 0.2) is 83.0 Å². The number of ether oxygens (including phenoxy) is 2. The number of nitrogens with zero attached hydrogens (tertiary/aromatic N) is 7. The van der Waals surface area contributed by atoms with Crippen LogP contribution in [0, 0.1) is 56.9 Å². The lowest BCUT2D eigenvalue weighted by Crippen LogP contribution is -2.54. The number of thioether (sulfide) groups is 2. The quantitative estimate of drug-likeness (QED) is 0.0993. The molecular formula is C42H40F6N8O8S2. The molecule has 0 aromatic heterocycles. The molecule has 4 heterocycles. The third-order valence-corrected chi connectivity index (χ3v) is 14.2. The molecule has 0 radical (unpaired) electrons. The molecule has 0 fully saturated rings. The maximum atomic E-state index is 14.7. The summed E-state index contributed by atoms with van der Waals surface area (Å²) in [5.74, 6) is -4.65. The zero-order valence-electron chi connectivity index (χ0n) is 35.4. The number of benzene rings is 4. The Balaban J connectivity index is 0.000000197. The molecule has 4 amide bonds. The molecular weight excluding hydrogens is 923 g/mol. The van der Waals surface area contributed by atoms with Gasteiger partial charge in [-0.2, -0.15) is 20.2 Å². The Hall–Kier alpha value is -6.08. The van der Waals surface area contributed by atoms with Gasteiger partial charge < -0.3 is 15.2 Å². The van der Waals surface area contributed by atoms with Crippen molar-refractivity contribution in [1.82, 2.24) is 20.1 Å². The first-order valence-corrected chi connectivity index (χ1v) is 21.5. The number of hydrazone groups is 2. The van der Waals surface area contributed by atoms with Gasteiger partial charge in [-0.15, -0.1) is 0 Å². The van der Waals surface area contributed by atoms with Crippen LogP contribution in [0.5, 0.6) is 11.5 Å². The van der Waals surface area contributed by atoms with E-state index < -0.39 is 80.0 Å². The molecule has 2 N–H and O–H groups in total. The number of carbonyl (C=O) groups excluding carboxylic acids is 2. The van der Waals surface area contributed by atoms with Crippen LogP contribution in [0.25, 0.3) is 0 Å². The topological polar surface area (TPSA) is 178 Å². The van der Waals surface area contributed by atoms with E-state index in [-0.39, 0.29) is 58.7 Å². The van der Waals surface area contributed by atoms with Crippen molar-refractivity contribution >= 4 is 45.7 Å². The highest BCUT2D eigenvalue weighted by molar-refractivity contribution is 8.15. The lowest BCUT2D eigenvalue weighted by molar-refractivity contribution is -0.482. The van der Waals surface area contributed by atoms with Crippen LogP contribution in [0.1, 0.15) is 35.1 Å². The summed E-state index contributed by atoms with van der Waals surface area (Å²) in [5.41, 5.74) is 6.05. The minimum atomic E-state index is -1.55. The predicted octanol–water partition coefficient (Wildman–Crippen LogP) is 7.59. The number of rotatable bonds is 9. The average molecular weight is 963 g/mol. The van der Waals surface area contributed by atoms with Crippen LogP contribution in [0.2, 0.25) is 0 Å². The van der Waals surface area contributed by atoms with Gasteiger partial charge in [0.15, 0.2) is 9.74 Å². The highest BCUT2D eigenvalue weighted by atomic mass is 32.2. The van der Waals surface area contributed by atoms with Crippen LogP contribution < -0.4 is 15.2 Å². The van der Waals surface area contributed by atoms with E-state index in [1.807, 2.05) is 0 Å². The van der Waals surface area contributed by atoms with E-state index in [1.54, 1.807) is 0 Å². The van der Waals surface area contributed by atoms with Crippen LogP contribution >= 0.6 is 23.5 Å². The Morgan fingerprint density at radius 2 is 1.12 bits per heavy atom. The zero-order chi connectivity index (χ0) is 47.7. The van der Waals surface area contributed by atoms with Crippen molar-refractivity contribution in [1.29, 1.82) is 0 Å². The van der Waals surface area contributed by atoms with E-state index in [4.69, 9.17) is 24.9 Å². The van der Waals surface area contributed by atoms with Crippen LogP contribution in [0.4, 0.5) is 35.9 Å². The summed E-state index contributed by atoms with van der Waals surface area (Å²) >= 11 is 1.92. The highest BCUT2D eigenvalue weighted by Crippen LogP contribution is 2.59. The number of urea groups is 2. The smallest absolute Gasteiger partial charge is 0.365 e. The van der Waals surface area contributed by atoms with Gasteiger partial charge in [-0.05, 0) is 85.8 Å². The third-order valence-electron chi connectivity index (χ3n) is 11.1. The van der Waals surface area contributed by atoms with Crippen molar-refractivity contribution in [2.45, 2.75) is 22.6 Å². The fourth-order valence-electron chi connectivity index (χ4n) is 7.82. The molecule has 350 valence electrons. The van der Waals surface area contributed by atoms with E-state index in [1.165, 1.54) is 58.6 Å². The zero-order valence-corrected chi connectivity index (χ0v) is 37.0. The lowest BCUT2D eigenvalue weighted by Gasteiger charge is -2.45. The van der Waals surface area contributed by atoms with Crippen LogP contribution in [0.3, 0.4) is 0 Å². The molecule has 16 nitrogen and oxygen atoms in total. The Kier molecular flexibility index (Phi) is 14.1. The number of halogens is 6. The Bertz CT molecular complexity index is 2620. The first kappa shape index (κ1) is 47.9. The van der Waals surface area contributed by atoms with Crippen molar-refractivity contribution in [2.75, 3.05) is 54.6 Å². The lowest BCUT2D eigenvalue weighted by atomic mass is 9.86. The van der Waals surface area contributed by atoms with Gasteiger partial charge in [0.05, 0.1) is 27.4 Å². The van der Waals surface area contributed by atoms with Crippen molar-refractivity contribution in [3.8, 4) is 11.5 Å². The summed E-state index contributed by atoms with van der Waals surface area (Å²) in [6.45, 7) is -0.105. The number of nitrogens with two attached hydrogens (primary N) is 1. The second kappa shape index (κ2) is 19.4. The van der Waals surface area contributed by atoms with Crippen molar-refractivity contribution in [3.05, 3.63) is 140 Å². The van der Waals surface area contributed by atoms with Gasteiger partial charge in [-0.25, -0.2) is 46.1 Å². The molecule has 4 aromatic rings. The summed E-state index contributed by atoms with van der Waals surface area (Å²) in [5, 5.41) is 23.8. The largest absolute Gasteiger partial charge is 0.493 e. The van der Waals surface area contributed by atoms with Gasteiger partial charge in [0, 0.05) is 59.5 Å². The molecule has 2 spiro atoms. The Morgan fingerprint density at radius 3 is 1.52 bits per heavy atom. The number of nitro groups is 1. The fourth-order valence-corrected chi connectivity index (χ4v) is 10.8. The van der Waals surface area contributed by atoms with Crippen LogP contribution in [-0.2, 0) is 19.4 Å². The molecule has 24 heteroatoms. The Labute approximate surface area is 381 Å². The first-order valence-electron chi connectivity index (χ1n) is 19.9. The number of hydrogen-bond acceptors (Lipinski definition) is 13. The molecule has 0 saturated carbocycles. The van der Waals surface area contributed by atoms with E-state index in [0.29, 0.717) is 17.7 Å². The number of carbonyl (C=O) groups is 2. The summed E-state index contributed by atoms with van der Waals surface area (Å²) in [7, 11) is 5.25. The molecule has 8 rings (SSSR count). The second-order valence-corrected chi connectivity index (χ2v) is 17.4. The molecule has 4 aliphatic rings. The van der Waals surface area contributed by atoms with Gasteiger partial charge in [0.2, 0.25) is 6.54 Å². The van der Waals surface area contributed by atoms with Crippen molar-refractivity contribution < 1.29 is 60.0 Å². The molecule has 0 saturated heterocycles. The summed E-state index contributed by atoms with van der Waals surface area (Å²) in [4.78, 5) is 44.4. The predicted molar refractivity (Wildman–Crippen MR) is 229 cm³/mol.